The summed E-state index contributed by atoms with van der Waals surface area (Å²) in [5.41, 5.74) is 4.38. The van der Waals surface area contributed by atoms with Crippen LogP contribution in [0.4, 0.5) is 15.9 Å². The molecule has 5 rings (SSSR count). The summed E-state index contributed by atoms with van der Waals surface area (Å²) in [5, 5.41) is 7.58. The summed E-state index contributed by atoms with van der Waals surface area (Å²) in [7, 11) is 0. The lowest BCUT2D eigenvalue weighted by atomic mass is 10.1. The Labute approximate surface area is 220 Å². The van der Waals surface area contributed by atoms with Crippen LogP contribution < -0.4 is 15.4 Å². The number of aromatic nitrogens is 2. The minimum Gasteiger partial charge on any atom is -0.489 e. The van der Waals surface area contributed by atoms with Crippen LogP contribution in [0, 0.1) is 12.7 Å². The first kappa shape index (κ1) is 24.8. The predicted octanol–water partition coefficient (Wildman–Crippen LogP) is 6.68. The van der Waals surface area contributed by atoms with Crippen molar-refractivity contribution in [3.8, 4) is 17.1 Å². The molecule has 188 valence electrons. The molecule has 0 aliphatic rings. The van der Waals surface area contributed by atoms with Crippen LogP contribution in [0.3, 0.4) is 0 Å². The molecule has 5 aromatic rings. The summed E-state index contributed by atoms with van der Waals surface area (Å²) in [6, 6.07) is 22.2. The average Bonchev–Trinajstić information content (AvgIpc) is 3.37. The molecule has 0 saturated heterocycles. The maximum Gasteiger partial charge on any atom is 0.141 e. The number of aryl methyl sites for hydroxylation is 1. The van der Waals surface area contributed by atoms with Crippen LogP contribution in [0.5, 0.6) is 5.75 Å². The number of benzene rings is 3. The van der Waals surface area contributed by atoms with E-state index in [1.54, 1.807) is 12.4 Å². The van der Waals surface area contributed by atoms with Gasteiger partial charge < -0.3 is 19.8 Å². The standard InChI is InChI=1S/C29H27FN4O2S/c1-19-13-23(6-9-27(19)35-17-20-3-2-4-22(30)14-20)34-29-25-15-21(5-8-26(25)32-18-33-29)28-10-7-24(36-28)16-31-11-12-37/h2-10,13-15,18,31,37H,11-12,16-17H2,1H3,(H,32,33,34). The number of nitrogens with zero attached hydrogens (tertiary/aromatic N) is 2. The van der Waals surface area contributed by atoms with E-state index < -0.39 is 0 Å². The third kappa shape index (κ3) is 6.10. The van der Waals surface area contributed by atoms with Crippen LogP contribution in [0.25, 0.3) is 22.2 Å². The minimum atomic E-state index is -0.272. The van der Waals surface area contributed by atoms with Gasteiger partial charge in [0.05, 0.1) is 12.1 Å². The Bertz CT molecular complexity index is 1520. The third-order valence-corrected chi connectivity index (χ3v) is 6.11. The van der Waals surface area contributed by atoms with Crippen molar-refractivity contribution in [3.05, 3.63) is 102 Å². The summed E-state index contributed by atoms with van der Waals surface area (Å²) >= 11 is 4.22. The molecule has 6 nitrogen and oxygen atoms in total. The van der Waals surface area contributed by atoms with E-state index in [1.165, 1.54) is 12.1 Å². The van der Waals surface area contributed by atoms with Crippen molar-refractivity contribution in [2.24, 2.45) is 0 Å². The highest BCUT2D eigenvalue weighted by Gasteiger charge is 2.11. The zero-order chi connectivity index (χ0) is 25.6. The van der Waals surface area contributed by atoms with Gasteiger partial charge in [-0.15, -0.1) is 0 Å². The van der Waals surface area contributed by atoms with Crippen LogP contribution in [0.15, 0.2) is 83.5 Å². The van der Waals surface area contributed by atoms with E-state index in [0.29, 0.717) is 19.0 Å². The lowest BCUT2D eigenvalue weighted by Gasteiger charge is -2.13. The lowest BCUT2D eigenvalue weighted by molar-refractivity contribution is 0.303. The SMILES string of the molecule is Cc1cc(Nc2ncnc3ccc(-c4ccc(CNCCS)o4)cc23)ccc1OCc1cccc(F)c1. The number of hydrogen-bond donors (Lipinski definition) is 3. The molecule has 0 fully saturated rings. The van der Waals surface area contributed by atoms with Crippen molar-refractivity contribution in [1.29, 1.82) is 0 Å². The monoisotopic (exact) mass is 514 g/mol. The van der Waals surface area contributed by atoms with Crippen LogP contribution >= 0.6 is 12.6 Å². The number of anilines is 2. The second kappa shape index (κ2) is 11.5. The molecule has 3 aromatic carbocycles. The normalized spacial score (nSPS) is 11.1. The maximum absolute atomic E-state index is 13.4. The van der Waals surface area contributed by atoms with E-state index in [9.17, 15) is 4.39 Å². The van der Waals surface area contributed by atoms with Crippen LogP contribution in [-0.2, 0) is 13.2 Å². The van der Waals surface area contributed by atoms with Gasteiger partial charge in [0.25, 0.3) is 0 Å². The van der Waals surface area contributed by atoms with Gasteiger partial charge in [0.15, 0.2) is 0 Å². The van der Waals surface area contributed by atoms with E-state index in [2.05, 4.69) is 33.2 Å². The van der Waals surface area contributed by atoms with E-state index in [4.69, 9.17) is 9.15 Å². The number of ether oxygens (including phenoxy) is 1. The smallest absolute Gasteiger partial charge is 0.141 e. The van der Waals surface area contributed by atoms with Gasteiger partial charge in [-0.2, -0.15) is 12.6 Å². The van der Waals surface area contributed by atoms with Crippen molar-refractivity contribution >= 4 is 35.0 Å². The molecule has 0 unspecified atom stereocenters. The highest BCUT2D eigenvalue weighted by Crippen LogP contribution is 2.31. The number of rotatable bonds is 10. The highest BCUT2D eigenvalue weighted by molar-refractivity contribution is 7.80. The molecular formula is C29H27FN4O2S. The van der Waals surface area contributed by atoms with Crippen molar-refractivity contribution in [2.45, 2.75) is 20.1 Å². The van der Waals surface area contributed by atoms with Crippen LogP contribution in [-0.4, -0.2) is 22.3 Å². The zero-order valence-corrected chi connectivity index (χ0v) is 21.3. The molecule has 2 N–H and O–H groups in total. The first-order valence-corrected chi connectivity index (χ1v) is 12.6. The minimum absolute atomic E-state index is 0.272. The van der Waals surface area contributed by atoms with Gasteiger partial charge in [-0.3, -0.25) is 0 Å². The average molecular weight is 515 g/mol. The number of hydrogen-bond acceptors (Lipinski definition) is 7. The molecule has 0 aliphatic heterocycles. The van der Waals surface area contributed by atoms with Crippen LogP contribution in [0.1, 0.15) is 16.9 Å². The van der Waals surface area contributed by atoms with Gasteiger partial charge in [-0.1, -0.05) is 12.1 Å². The Morgan fingerprint density at radius 2 is 1.92 bits per heavy atom. The number of thiol groups is 1. The first-order chi connectivity index (χ1) is 18.1. The van der Waals surface area contributed by atoms with Gasteiger partial charge in [-0.05, 0) is 78.7 Å². The van der Waals surface area contributed by atoms with Crippen molar-refractivity contribution in [1.82, 2.24) is 15.3 Å². The summed E-state index contributed by atoms with van der Waals surface area (Å²) in [5.74, 6) is 3.60. The van der Waals surface area contributed by atoms with Gasteiger partial charge >= 0.3 is 0 Å². The molecule has 0 atom stereocenters. The van der Waals surface area contributed by atoms with Crippen LogP contribution in [0.2, 0.25) is 0 Å². The Hall–Kier alpha value is -3.88. The third-order valence-electron chi connectivity index (χ3n) is 5.89. The first-order valence-electron chi connectivity index (χ1n) is 12.0. The molecule has 0 aliphatic carbocycles. The Balaban J connectivity index is 1.33. The van der Waals surface area contributed by atoms with Crippen molar-refractivity contribution in [2.75, 3.05) is 17.6 Å². The Morgan fingerprint density at radius 1 is 1.00 bits per heavy atom. The molecule has 0 saturated carbocycles. The number of furan rings is 1. The second-order valence-electron chi connectivity index (χ2n) is 8.64. The van der Waals surface area contributed by atoms with Gasteiger partial charge in [0.2, 0.25) is 0 Å². The number of fused-ring (bicyclic) bond motifs is 1. The molecule has 0 amide bonds. The quantitative estimate of drug-likeness (QED) is 0.143. The summed E-state index contributed by atoms with van der Waals surface area (Å²) in [6.45, 7) is 3.75. The maximum atomic E-state index is 13.4. The summed E-state index contributed by atoms with van der Waals surface area (Å²) in [6.07, 6.45) is 1.55. The Kier molecular flexibility index (Phi) is 7.67. The topological polar surface area (TPSA) is 72.2 Å². The Morgan fingerprint density at radius 3 is 2.76 bits per heavy atom. The van der Waals surface area contributed by atoms with Gasteiger partial charge in [-0.25, -0.2) is 14.4 Å². The second-order valence-corrected chi connectivity index (χ2v) is 9.09. The van der Waals surface area contributed by atoms with Crippen molar-refractivity contribution < 1.29 is 13.5 Å². The number of halogens is 1. The van der Waals surface area contributed by atoms with Gasteiger partial charge in [0, 0.05) is 28.9 Å². The molecule has 37 heavy (non-hydrogen) atoms. The summed E-state index contributed by atoms with van der Waals surface area (Å²) in [4.78, 5) is 8.91. The van der Waals surface area contributed by atoms with E-state index in [0.717, 1.165) is 62.8 Å². The fraction of sp³-hybridized carbons (Fsp3) is 0.172. The largest absolute Gasteiger partial charge is 0.489 e. The molecule has 8 heteroatoms. The van der Waals surface area contributed by atoms with Crippen molar-refractivity contribution in [3.63, 3.8) is 0 Å². The number of nitrogens with one attached hydrogen (secondary N) is 2. The van der Waals surface area contributed by atoms with E-state index >= 15 is 0 Å². The van der Waals surface area contributed by atoms with E-state index in [1.807, 2.05) is 61.5 Å². The fourth-order valence-corrected chi connectivity index (χ4v) is 4.20. The molecule has 0 bridgehead atoms. The van der Waals surface area contributed by atoms with E-state index in [-0.39, 0.29) is 5.82 Å². The van der Waals surface area contributed by atoms with Gasteiger partial charge in [0.1, 0.15) is 41.8 Å². The molecule has 0 radical (unpaired) electrons. The zero-order valence-electron chi connectivity index (χ0n) is 20.4. The lowest BCUT2D eigenvalue weighted by Crippen LogP contribution is -2.15. The molecule has 2 heterocycles. The fourth-order valence-electron chi connectivity index (χ4n) is 4.04. The molecular weight excluding hydrogens is 487 g/mol. The summed E-state index contributed by atoms with van der Waals surface area (Å²) < 4.78 is 25.4. The highest BCUT2D eigenvalue weighted by atomic mass is 32.1. The molecule has 0 spiro atoms. The predicted molar refractivity (Wildman–Crippen MR) is 148 cm³/mol. The molecule has 2 aromatic heterocycles.